The summed E-state index contributed by atoms with van der Waals surface area (Å²) in [5.41, 5.74) is 0. The molecule has 2 N–H and O–H groups in total. The number of carbonyl (C=O) groups excluding carboxylic acids is 2. The fourth-order valence-electron chi connectivity index (χ4n) is 2.04. The Labute approximate surface area is 115 Å². The molecule has 0 spiro atoms. The number of hydrogen-bond donors (Lipinski definition) is 2. The van der Waals surface area contributed by atoms with E-state index in [4.69, 9.17) is 0 Å². The molecule has 0 aliphatic carbocycles. The zero-order valence-corrected chi connectivity index (χ0v) is 12.2. The summed E-state index contributed by atoms with van der Waals surface area (Å²) in [4.78, 5) is 27.2. The molecule has 1 saturated heterocycles. The predicted molar refractivity (Wildman–Crippen MR) is 74.8 cm³/mol. The Morgan fingerprint density at radius 2 is 2.21 bits per heavy atom. The van der Waals surface area contributed by atoms with E-state index in [1.807, 2.05) is 6.92 Å². The maximum Gasteiger partial charge on any atom is 0.239 e. The van der Waals surface area contributed by atoms with E-state index in [-0.39, 0.29) is 18.4 Å². The van der Waals surface area contributed by atoms with Gasteiger partial charge in [0.05, 0.1) is 13.1 Å². The Morgan fingerprint density at radius 1 is 1.47 bits per heavy atom. The lowest BCUT2D eigenvalue weighted by Crippen LogP contribution is -2.53. The summed E-state index contributed by atoms with van der Waals surface area (Å²) >= 11 is 0. The van der Waals surface area contributed by atoms with E-state index >= 15 is 0 Å². The van der Waals surface area contributed by atoms with Crippen molar-refractivity contribution in [3.63, 3.8) is 0 Å². The second kappa shape index (κ2) is 8.12. The lowest BCUT2D eigenvalue weighted by molar-refractivity contribution is -0.136. The van der Waals surface area contributed by atoms with Gasteiger partial charge in [-0.05, 0) is 13.3 Å². The number of rotatable bonds is 6. The molecular formula is C13H26N4O2. The Morgan fingerprint density at radius 3 is 2.84 bits per heavy atom. The largest absolute Gasteiger partial charge is 0.355 e. The van der Waals surface area contributed by atoms with Gasteiger partial charge in [0.25, 0.3) is 0 Å². The minimum absolute atomic E-state index is 0.000369. The van der Waals surface area contributed by atoms with Crippen molar-refractivity contribution in [2.75, 3.05) is 46.3 Å². The highest BCUT2D eigenvalue weighted by molar-refractivity contribution is 5.85. The molecule has 1 unspecified atom stereocenters. The van der Waals surface area contributed by atoms with Crippen LogP contribution in [0.5, 0.6) is 0 Å². The first-order chi connectivity index (χ1) is 9.04. The van der Waals surface area contributed by atoms with E-state index < -0.39 is 0 Å². The number of carbonyl (C=O) groups is 2. The van der Waals surface area contributed by atoms with Crippen LogP contribution in [0.4, 0.5) is 0 Å². The van der Waals surface area contributed by atoms with Crippen molar-refractivity contribution in [3.8, 4) is 0 Å². The fraction of sp³-hybridized carbons (Fsp3) is 0.846. The fourth-order valence-corrected chi connectivity index (χ4v) is 2.04. The first-order valence-corrected chi connectivity index (χ1v) is 7.00. The molecule has 19 heavy (non-hydrogen) atoms. The summed E-state index contributed by atoms with van der Waals surface area (Å²) in [6, 6.07) is 0.361. The lowest BCUT2D eigenvalue weighted by Gasteiger charge is -2.34. The maximum absolute atomic E-state index is 12.0. The maximum atomic E-state index is 12.0. The van der Waals surface area contributed by atoms with Gasteiger partial charge < -0.3 is 15.5 Å². The molecule has 0 radical (unpaired) electrons. The van der Waals surface area contributed by atoms with Gasteiger partial charge >= 0.3 is 0 Å². The second-order valence-corrected chi connectivity index (χ2v) is 5.12. The van der Waals surface area contributed by atoms with Crippen LogP contribution >= 0.6 is 0 Å². The van der Waals surface area contributed by atoms with Crippen molar-refractivity contribution in [3.05, 3.63) is 0 Å². The van der Waals surface area contributed by atoms with Gasteiger partial charge in [-0.15, -0.1) is 0 Å². The third kappa shape index (κ3) is 5.57. The molecule has 1 rings (SSSR count). The highest BCUT2D eigenvalue weighted by Crippen LogP contribution is 2.02. The number of nitrogens with one attached hydrogen (secondary N) is 2. The number of piperazine rings is 1. The molecule has 6 nitrogen and oxygen atoms in total. The normalized spacial score (nSPS) is 20.1. The summed E-state index contributed by atoms with van der Waals surface area (Å²) in [6.45, 7) is 8.00. The average molecular weight is 270 g/mol. The zero-order valence-electron chi connectivity index (χ0n) is 12.2. The van der Waals surface area contributed by atoms with E-state index in [1.54, 1.807) is 7.05 Å². The smallest absolute Gasteiger partial charge is 0.239 e. The Kier molecular flexibility index (Phi) is 6.80. The highest BCUT2D eigenvalue weighted by atomic mass is 16.2. The number of likely N-dealkylation sites (N-methyl/N-ethyl adjacent to an activating group) is 1. The Hall–Kier alpha value is -1.14. The van der Waals surface area contributed by atoms with Gasteiger partial charge in [0.1, 0.15) is 0 Å². The van der Waals surface area contributed by atoms with Gasteiger partial charge in [0.2, 0.25) is 11.8 Å². The van der Waals surface area contributed by atoms with Crippen LogP contribution in [0, 0.1) is 0 Å². The van der Waals surface area contributed by atoms with Crippen molar-refractivity contribution in [1.29, 1.82) is 0 Å². The summed E-state index contributed by atoms with van der Waals surface area (Å²) < 4.78 is 0. The molecule has 1 atom stereocenters. The van der Waals surface area contributed by atoms with Crippen LogP contribution in [0.3, 0.4) is 0 Å². The lowest BCUT2D eigenvalue weighted by atomic mass is 10.2. The highest BCUT2D eigenvalue weighted by Gasteiger charge is 2.22. The quantitative estimate of drug-likeness (QED) is 0.667. The van der Waals surface area contributed by atoms with Crippen LogP contribution < -0.4 is 10.6 Å². The standard InChI is InChI=1S/C13H26N4O2/c1-4-5-15-12(18)9-16(3)13(19)10-17-7-6-14-8-11(17)2/h11,14H,4-10H2,1-3H3,(H,15,18). The molecule has 1 heterocycles. The van der Waals surface area contributed by atoms with Crippen LogP contribution in [0.15, 0.2) is 0 Å². The molecule has 1 aliphatic rings. The molecule has 0 bridgehead atoms. The van der Waals surface area contributed by atoms with Gasteiger partial charge in [-0.2, -0.15) is 0 Å². The topological polar surface area (TPSA) is 64.7 Å². The Balaban J connectivity index is 2.33. The van der Waals surface area contributed by atoms with Crippen molar-refractivity contribution >= 4 is 11.8 Å². The monoisotopic (exact) mass is 270 g/mol. The summed E-state index contributed by atoms with van der Waals surface area (Å²) in [7, 11) is 1.68. The zero-order chi connectivity index (χ0) is 14.3. The van der Waals surface area contributed by atoms with E-state index in [1.165, 1.54) is 4.90 Å². The minimum Gasteiger partial charge on any atom is -0.355 e. The van der Waals surface area contributed by atoms with Crippen molar-refractivity contribution in [2.45, 2.75) is 26.3 Å². The van der Waals surface area contributed by atoms with E-state index in [0.29, 0.717) is 19.1 Å². The molecule has 1 aliphatic heterocycles. The first kappa shape index (κ1) is 15.9. The molecule has 0 aromatic heterocycles. The van der Waals surface area contributed by atoms with Gasteiger partial charge in [-0.3, -0.25) is 14.5 Å². The van der Waals surface area contributed by atoms with Gasteiger partial charge in [0, 0.05) is 39.3 Å². The molecule has 0 saturated carbocycles. The van der Waals surface area contributed by atoms with Crippen LogP contribution in [-0.2, 0) is 9.59 Å². The molecule has 2 amide bonds. The summed E-state index contributed by atoms with van der Waals surface area (Å²) in [6.07, 6.45) is 0.904. The van der Waals surface area contributed by atoms with Crippen LogP contribution in [-0.4, -0.2) is 74.0 Å². The number of nitrogens with zero attached hydrogens (tertiary/aromatic N) is 2. The third-order valence-electron chi connectivity index (χ3n) is 3.36. The molecule has 110 valence electrons. The minimum atomic E-state index is -0.0916. The molecular weight excluding hydrogens is 244 g/mol. The first-order valence-electron chi connectivity index (χ1n) is 7.00. The van der Waals surface area contributed by atoms with Crippen LogP contribution in [0.25, 0.3) is 0 Å². The van der Waals surface area contributed by atoms with Gasteiger partial charge in [-0.1, -0.05) is 6.92 Å². The number of amides is 2. The number of hydrogen-bond acceptors (Lipinski definition) is 4. The SMILES string of the molecule is CCCNC(=O)CN(C)C(=O)CN1CCNCC1C. The van der Waals surface area contributed by atoms with Crippen molar-refractivity contribution < 1.29 is 9.59 Å². The van der Waals surface area contributed by atoms with Crippen LogP contribution in [0.1, 0.15) is 20.3 Å². The van der Waals surface area contributed by atoms with E-state index in [2.05, 4.69) is 22.5 Å². The molecule has 0 aromatic carbocycles. The van der Waals surface area contributed by atoms with Crippen LogP contribution in [0.2, 0.25) is 0 Å². The van der Waals surface area contributed by atoms with Gasteiger partial charge in [0.15, 0.2) is 0 Å². The molecule has 0 aromatic rings. The summed E-state index contributed by atoms with van der Waals surface area (Å²) in [5.74, 6) is -0.0912. The molecule has 6 heteroatoms. The van der Waals surface area contributed by atoms with Crippen molar-refractivity contribution in [2.24, 2.45) is 0 Å². The molecule has 1 fully saturated rings. The van der Waals surface area contributed by atoms with Gasteiger partial charge in [-0.25, -0.2) is 0 Å². The summed E-state index contributed by atoms with van der Waals surface area (Å²) in [5, 5.41) is 6.07. The average Bonchev–Trinajstić information content (AvgIpc) is 2.38. The Bertz CT molecular complexity index is 309. The predicted octanol–water partition coefficient (Wildman–Crippen LogP) is -0.735. The van der Waals surface area contributed by atoms with E-state index in [9.17, 15) is 9.59 Å². The van der Waals surface area contributed by atoms with Crippen molar-refractivity contribution in [1.82, 2.24) is 20.4 Å². The van der Waals surface area contributed by atoms with E-state index in [0.717, 1.165) is 26.1 Å². The third-order valence-corrected chi connectivity index (χ3v) is 3.36. The second-order valence-electron chi connectivity index (χ2n) is 5.12.